The van der Waals surface area contributed by atoms with E-state index in [0.29, 0.717) is 10.8 Å². The highest BCUT2D eigenvalue weighted by molar-refractivity contribution is 6.29. The van der Waals surface area contributed by atoms with Gasteiger partial charge in [0.05, 0.1) is 16.0 Å². The first kappa shape index (κ1) is 11.9. The van der Waals surface area contributed by atoms with Crippen molar-refractivity contribution in [3.8, 4) is 0 Å². The minimum absolute atomic E-state index is 0.0364. The van der Waals surface area contributed by atoms with E-state index in [0.717, 1.165) is 24.9 Å². The molecule has 1 heterocycles. The molecule has 0 saturated carbocycles. The topological polar surface area (TPSA) is 61.0 Å². The number of aromatic nitrogens is 2. The van der Waals surface area contributed by atoms with Crippen LogP contribution in [-0.2, 0) is 6.54 Å². The number of fused-ring (bicyclic) bond motifs is 1. The van der Waals surface area contributed by atoms with Crippen molar-refractivity contribution in [3.63, 3.8) is 0 Å². The third-order valence-electron chi connectivity index (χ3n) is 2.63. The summed E-state index contributed by atoms with van der Waals surface area (Å²) >= 11 is 6.02. The molecule has 1 aromatic heterocycles. The van der Waals surface area contributed by atoms with E-state index in [1.54, 1.807) is 6.07 Å². The Morgan fingerprint density at radius 3 is 2.94 bits per heavy atom. The maximum absolute atomic E-state index is 10.6. The molecule has 0 aliphatic heterocycles. The molecule has 0 unspecified atom stereocenters. The summed E-state index contributed by atoms with van der Waals surface area (Å²) in [5.41, 5.74) is 1.45. The molecule has 17 heavy (non-hydrogen) atoms. The summed E-state index contributed by atoms with van der Waals surface area (Å²) in [6, 6.07) is 4.62. The Bertz CT molecular complexity index is 565. The Morgan fingerprint density at radius 1 is 1.53 bits per heavy atom. The van der Waals surface area contributed by atoms with Crippen molar-refractivity contribution >= 4 is 28.3 Å². The van der Waals surface area contributed by atoms with Gasteiger partial charge in [0.25, 0.3) is 5.69 Å². The first-order chi connectivity index (χ1) is 8.13. The van der Waals surface area contributed by atoms with E-state index in [4.69, 9.17) is 11.6 Å². The lowest BCUT2D eigenvalue weighted by Crippen LogP contribution is -1.97. The van der Waals surface area contributed by atoms with E-state index in [9.17, 15) is 10.1 Å². The van der Waals surface area contributed by atoms with Crippen LogP contribution in [0.5, 0.6) is 0 Å². The summed E-state index contributed by atoms with van der Waals surface area (Å²) in [4.78, 5) is 14.3. The molecule has 90 valence electrons. The van der Waals surface area contributed by atoms with E-state index >= 15 is 0 Å². The van der Waals surface area contributed by atoms with Crippen molar-refractivity contribution in [2.24, 2.45) is 0 Å². The number of halogens is 1. The lowest BCUT2D eigenvalue weighted by Gasteiger charge is -2.03. The molecular weight excluding hydrogens is 242 g/mol. The summed E-state index contributed by atoms with van der Waals surface area (Å²) in [6.45, 7) is 2.88. The average Bonchev–Trinajstić information content (AvgIpc) is 2.61. The van der Waals surface area contributed by atoms with Crippen LogP contribution in [0.15, 0.2) is 18.2 Å². The number of rotatable bonds is 4. The van der Waals surface area contributed by atoms with Gasteiger partial charge in [-0.1, -0.05) is 13.3 Å². The van der Waals surface area contributed by atoms with Crippen LogP contribution < -0.4 is 0 Å². The van der Waals surface area contributed by atoms with Gasteiger partial charge in [0.2, 0.25) is 5.28 Å². The van der Waals surface area contributed by atoms with Gasteiger partial charge in [-0.15, -0.1) is 0 Å². The molecule has 0 aliphatic carbocycles. The number of aryl methyl sites for hydroxylation is 1. The van der Waals surface area contributed by atoms with Gasteiger partial charge in [-0.3, -0.25) is 10.1 Å². The number of hydrogen-bond acceptors (Lipinski definition) is 3. The van der Waals surface area contributed by atoms with Gasteiger partial charge >= 0.3 is 0 Å². The third kappa shape index (κ3) is 2.24. The van der Waals surface area contributed by atoms with Crippen LogP contribution in [-0.4, -0.2) is 14.5 Å². The molecule has 0 bridgehead atoms. The van der Waals surface area contributed by atoms with Crippen LogP contribution in [0.4, 0.5) is 5.69 Å². The second-order valence-electron chi connectivity index (χ2n) is 3.82. The molecule has 0 aliphatic rings. The van der Waals surface area contributed by atoms with Gasteiger partial charge in [-0.2, -0.15) is 0 Å². The molecule has 0 spiro atoms. The van der Waals surface area contributed by atoms with E-state index in [1.807, 2.05) is 4.57 Å². The van der Waals surface area contributed by atoms with Crippen molar-refractivity contribution in [2.45, 2.75) is 26.3 Å². The number of hydrogen-bond donors (Lipinski definition) is 0. The minimum Gasteiger partial charge on any atom is -0.315 e. The summed E-state index contributed by atoms with van der Waals surface area (Å²) in [7, 11) is 0. The van der Waals surface area contributed by atoms with E-state index in [1.165, 1.54) is 12.1 Å². The normalized spacial score (nSPS) is 10.9. The number of benzene rings is 1. The van der Waals surface area contributed by atoms with E-state index < -0.39 is 4.92 Å². The SMILES string of the molecule is CCCCn1c(Cl)nc2cc([N+](=O)[O-])ccc21. The largest absolute Gasteiger partial charge is 0.315 e. The number of imidazole rings is 1. The van der Waals surface area contributed by atoms with Crippen LogP contribution in [0.25, 0.3) is 11.0 Å². The van der Waals surface area contributed by atoms with Crippen LogP contribution in [0.2, 0.25) is 5.28 Å². The highest BCUT2D eigenvalue weighted by atomic mass is 35.5. The summed E-state index contributed by atoms with van der Waals surface area (Å²) < 4.78 is 1.88. The van der Waals surface area contributed by atoms with Gasteiger partial charge in [0.15, 0.2) is 0 Å². The fourth-order valence-electron chi connectivity index (χ4n) is 1.73. The Kier molecular flexibility index (Phi) is 3.28. The molecule has 0 amide bonds. The van der Waals surface area contributed by atoms with Crippen molar-refractivity contribution < 1.29 is 4.92 Å². The first-order valence-electron chi connectivity index (χ1n) is 5.43. The zero-order valence-electron chi connectivity index (χ0n) is 9.39. The number of non-ortho nitro benzene ring substituents is 1. The Labute approximate surface area is 103 Å². The zero-order chi connectivity index (χ0) is 12.4. The fraction of sp³-hybridized carbons (Fsp3) is 0.364. The van der Waals surface area contributed by atoms with Crippen molar-refractivity contribution in [1.82, 2.24) is 9.55 Å². The standard InChI is InChI=1S/C11H12ClN3O2/c1-2-3-6-14-10-5-4-8(15(16)17)7-9(10)13-11(14)12/h4-5,7H,2-3,6H2,1H3. The molecule has 0 N–H and O–H groups in total. The van der Waals surface area contributed by atoms with Gasteiger partial charge in [-0.05, 0) is 24.1 Å². The second-order valence-corrected chi connectivity index (χ2v) is 4.15. The fourth-order valence-corrected chi connectivity index (χ4v) is 2.00. The lowest BCUT2D eigenvalue weighted by atomic mass is 10.2. The summed E-state index contributed by atoms with van der Waals surface area (Å²) in [6.07, 6.45) is 2.06. The van der Waals surface area contributed by atoms with Gasteiger partial charge in [0, 0.05) is 18.7 Å². The van der Waals surface area contributed by atoms with Gasteiger partial charge in [0.1, 0.15) is 0 Å². The minimum atomic E-state index is -0.432. The molecular formula is C11H12ClN3O2. The molecule has 0 fully saturated rings. The molecule has 5 nitrogen and oxygen atoms in total. The predicted molar refractivity (Wildman–Crippen MR) is 66.3 cm³/mol. The smallest absolute Gasteiger partial charge is 0.271 e. The molecule has 0 radical (unpaired) electrons. The highest BCUT2D eigenvalue weighted by Gasteiger charge is 2.12. The second kappa shape index (κ2) is 4.71. The maximum Gasteiger partial charge on any atom is 0.271 e. The van der Waals surface area contributed by atoms with Crippen molar-refractivity contribution in [3.05, 3.63) is 33.6 Å². The first-order valence-corrected chi connectivity index (χ1v) is 5.81. The molecule has 0 atom stereocenters. The molecule has 6 heteroatoms. The average molecular weight is 254 g/mol. The Morgan fingerprint density at radius 2 is 2.29 bits per heavy atom. The number of nitro groups is 1. The predicted octanol–water partition coefficient (Wildman–Crippen LogP) is 3.40. The van der Waals surface area contributed by atoms with Gasteiger partial charge in [-0.25, -0.2) is 4.98 Å². The number of nitro benzene ring substituents is 1. The molecule has 0 saturated heterocycles. The van der Waals surface area contributed by atoms with E-state index in [2.05, 4.69) is 11.9 Å². The van der Waals surface area contributed by atoms with E-state index in [-0.39, 0.29) is 5.69 Å². The molecule has 1 aromatic carbocycles. The molecule has 2 rings (SSSR count). The highest BCUT2D eigenvalue weighted by Crippen LogP contribution is 2.24. The quantitative estimate of drug-likeness (QED) is 0.620. The van der Waals surface area contributed by atoms with Crippen LogP contribution in [0, 0.1) is 10.1 Å². The van der Waals surface area contributed by atoms with Crippen molar-refractivity contribution in [1.29, 1.82) is 0 Å². The van der Waals surface area contributed by atoms with Crippen LogP contribution >= 0.6 is 11.6 Å². The third-order valence-corrected chi connectivity index (χ3v) is 2.92. The number of nitrogens with zero attached hydrogens (tertiary/aromatic N) is 3. The Balaban J connectivity index is 2.48. The van der Waals surface area contributed by atoms with Crippen LogP contribution in [0.1, 0.15) is 19.8 Å². The van der Waals surface area contributed by atoms with Crippen molar-refractivity contribution in [2.75, 3.05) is 0 Å². The summed E-state index contributed by atoms with van der Waals surface area (Å²) in [5.74, 6) is 0. The summed E-state index contributed by atoms with van der Waals surface area (Å²) in [5, 5.41) is 11.0. The Hall–Kier alpha value is -1.62. The molecule has 2 aromatic rings. The monoisotopic (exact) mass is 253 g/mol. The zero-order valence-corrected chi connectivity index (χ0v) is 10.1. The maximum atomic E-state index is 10.6. The number of unbranched alkanes of at least 4 members (excludes halogenated alkanes) is 1. The van der Waals surface area contributed by atoms with Gasteiger partial charge < -0.3 is 4.57 Å². The lowest BCUT2D eigenvalue weighted by molar-refractivity contribution is -0.384. The van der Waals surface area contributed by atoms with Crippen LogP contribution in [0.3, 0.4) is 0 Å².